The maximum atomic E-state index is 5.49. The Kier molecular flexibility index (Phi) is 8.93. The molecule has 0 aromatic heterocycles. The number of allylic oxidation sites excluding steroid dienone is 3. The van der Waals surface area contributed by atoms with Crippen LogP contribution >= 0.6 is 0 Å². The maximum absolute atomic E-state index is 5.49. The van der Waals surface area contributed by atoms with Gasteiger partial charge in [0.2, 0.25) is 0 Å². The van der Waals surface area contributed by atoms with Gasteiger partial charge in [-0.05, 0) is 32.1 Å². The van der Waals surface area contributed by atoms with Crippen molar-refractivity contribution in [3.8, 4) is 0 Å². The average Bonchev–Trinajstić information content (AvgIpc) is 3.14. The summed E-state index contributed by atoms with van der Waals surface area (Å²) in [6.07, 6.45) is 21.7. The molecule has 1 rings (SSSR count). The van der Waals surface area contributed by atoms with Gasteiger partial charge in [0.15, 0.2) is 0 Å². The molecule has 2 atom stereocenters. The first-order chi connectivity index (χ1) is 8.88. The molecule has 0 radical (unpaired) electrons. The van der Waals surface area contributed by atoms with Gasteiger partial charge in [-0.25, -0.2) is 0 Å². The number of ether oxygens (including phenoxy) is 1. The van der Waals surface area contributed by atoms with Crippen molar-refractivity contribution < 1.29 is 4.74 Å². The highest BCUT2D eigenvalue weighted by Crippen LogP contribution is 2.28. The summed E-state index contributed by atoms with van der Waals surface area (Å²) in [7, 11) is 0. The Labute approximate surface area is 113 Å². The van der Waals surface area contributed by atoms with E-state index in [0.717, 1.165) is 19.3 Å². The van der Waals surface area contributed by atoms with Crippen LogP contribution in [0.3, 0.4) is 0 Å². The summed E-state index contributed by atoms with van der Waals surface area (Å²) in [4.78, 5) is 0. The lowest BCUT2D eigenvalue weighted by molar-refractivity contribution is 0.367. The summed E-state index contributed by atoms with van der Waals surface area (Å²) in [5.74, 6) is 0. The Morgan fingerprint density at radius 2 is 1.61 bits per heavy atom. The Morgan fingerprint density at radius 1 is 0.833 bits per heavy atom. The quantitative estimate of drug-likeness (QED) is 0.271. The van der Waals surface area contributed by atoms with Gasteiger partial charge in [-0.2, -0.15) is 0 Å². The second-order valence-corrected chi connectivity index (χ2v) is 5.24. The van der Waals surface area contributed by atoms with Gasteiger partial charge in [0.25, 0.3) is 0 Å². The molecule has 1 heterocycles. The largest absolute Gasteiger partial charge is 0.369 e. The lowest BCUT2D eigenvalue weighted by Crippen LogP contribution is -1.88. The molecule has 0 aliphatic carbocycles. The lowest BCUT2D eigenvalue weighted by Gasteiger charge is -1.95. The van der Waals surface area contributed by atoms with Crippen molar-refractivity contribution in [2.24, 2.45) is 0 Å². The molecule has 0 amide bonds. The number of hydrogen-bond acceptors (Lipinski definition) is 1. The van der Waals surface area contributed by atoms with Crippen molar-refractivity contribution in [3.05, 3.63) is 24.3 Å². The molecule has 0 spiro atoms. The summed E-state index contributed by atoms with van der Waals surface area (Å²) in [5.41, 5.74) is 0. The van der Waals surface area contributed by atoms with Crippen LogP contribution in [0.1, 0.15) is 71.6 Å². The van der Waals surface area contributed by atoms with E-state index in [4.69, 9.17) is 4.74 Å². The van der Waals surface area contributed by atoms with Crippen LogP contribution in [0, 0.1) is 0 Å². The van der Waals surface area contributed by atoms with Gasteiger partial charge >= 0.3 is 0 Å². The minimum absolute atomic E-state index is 0.522. The van der Waals surface area contributed by atoms with Crippen LogP contribution < -0.4 is 0 Å². The highest BCUT2D eigenvalue weighted by Gasteiger charge is 2.35. The molecule has 1 heteroatoms. The van der Waals surface area contributed by atoms with Crippen LogP contribution in [0.2, 0.25) is 0 Å². The summed E-state index contributed by atoms with van der Waals surface area (Å²) >= 11 is 0. The zero-order valence-corrected chi connectivity index (χ0v) is 12.2. The third-order valence-electron chi connectivity index (χ3n) is 3.54. The average molecular weight is 250 g/mol. The van der Waals surface area contributed by atoms with E-state index in [2.05, 4.69) is 38.2 Å². The van der Waals surface area contributed by atoms with Crippen molar-refractivity contribution >= 4 is 0 Å². The predicted molar refractivity (Wildman–Crippen MR) is 79.8 cm³/mol. The minimum atomic E-state index is 0.522. The van der Waals surface area contributed by atoms with Crippen LogP contribution in [-0.4, -0.2) is 12.2 Å². The highest BCUT2D eigenvalue weighted by atomic mass is 16.6. The molecular formula is C17H30O. The summed E-state index contributed by atoms with van der Waals surface area (Å²) in [6, 6.07) is 0. The van der Waals surface area contributed by atoms with Crippen molar-refractivity contribution in [3.63, 3.8) is 0 Å². The predicted octanol–water partition coefficient (Wildman–Crippen LogP) is 5.42. The van der Waals surface area contributed by atoms with Gasteiger partial charge < -0.3 is 4.74 Å². The van der Waals surface area contributed by atoms with Crippen molar-refractivity contribution in [1.82, 2.24) is 0 Å². The van der Waals surface area contributed by atoms with Crippen molar-refractivity contribution in [2.45, 2.75) is 83.8 Å². The summed E-state index contributed by atoms with van der Waals surface area (Å²) in [5, 5.41) is 0. The fourth-order valence-electron chi connectivity index (χ4n) is 2.23. The molecule has 2 unspecified atom stereocenters. The van der Waals surface area contributed by atoms with Crippen LogP contribution in [0.25, 0.3) is 0 Å². The Morgan fingerprint density at radius 3 is 2.33 bits per heavy atom. The maximum Gasteiger partial charge on any atom is 0.0876 e. The van der Waals surface area contributed by atoms with Gasteiger partial charge in [0.05, 0.1) is 12.2 Å². The monoisotopic (exact) mass is 250 g/mol. The fourth-order valence-corrected chi connectivity index (χ4v) is 2.23. The highest BCUT2D eigenvalue weighted by molar-refractivity contribution is 4.97. The van der Waals surface area contributed by atoms with Crippen LogP contribution in [0.5, 0.6) is 0 Å². The van der Waals surface area contributed by atoms with E-state index < -0.39 is 0 Å². The van der Waals surface area contributed by atoms with Gasteiger partial charge in [0.1, 0.15) is 0 Å². The molecule has 0 aromatic carbocycles. The number of hydrogen-bond donors (Lipinski definition) is 0. The first kappa shape index (κ1) is 15.5. The molecule has 18 heavy (non-hydrogen) atoms. The molecule has 0 N–H and O–H groups in total. The standard InChI is InChI=1S/C17H30O/c1-3-5-6-7-8-9-10-11-12-13-14-15-17-16(4-2)18-17/h10-11,13-14,16-17H,3-9,12,15H2,1-2H3. The van der Waals surface area contributed by atoms with Crippen LogP contribution in [0.15, 0.2) is 24.3 Å². The minimum Gasteiger partial charge on any atom is -0.369 e. The molecule has 0 saturated carbocycles. The first-order valence-corrected chi connectivity index (χ1v) is 7.84. The zero-order chi connectivity index (χ0) is 13.1. The normalized spacial score (nSPS) is 23.2. The summed E-state index contributed by atoms with van der Waals surface area (Å²) < 4.78 is 5.49. The molecule has 1 fully saturated rings. The number of unbranched alkanes of at least 4 members (excludes halogenated alkanes) is 5. The molecule has 104 valence electrons. The molecular weight excluding hydrogens is 220 g/mol. The lowest BCUT2D eigenvalue weighted by atomic mass is 10.1. The van der Waals surface area contributed by atoms with Crippen molar-refractivity contribution in [1.29, 1.82) is 0 Å². The van der Waals surface area contributed by atoms with Crippen LogP contribution in [-0.2, 0) is 4.74 Å². The van der Waals surface area contributed by atoms with Crippen LogP contribution in [0.4, 0.5) is 0 Å². The molecule has 1 saturated heterocycles. The van der Waals surface area contributed by atoms with E-state index in [-0.39, 0.29) is 0 Å². The van der Waals surface area contributed by atoms with E-state index >= 15 is 0 Å². The number of rotatable bonds is 11. The zero-order valence-electron chi connectivity index (χ0n) is 12.2. The molecule has 1 nitrogen and oxygen atoms in total. The number of epoxide rings is 1. The molecule has 0 bridgehead atoms. The Bertz CT molecular complexity index is 242. The van der Waals surface area contributed by atoms with E-state index in [1.807, 2.05) is 0 Å². The second kappa shape index (κ2) is 10.4. The SMILES string of the molecule is CCCCCCCC=CCC=CCC1OC1CC. The van der Waals surface area contributed by atoms with Gasteiger partial charge in [-0.1, -0.05) is 63.8 Å². The first-order valence-electron chi connectivity index (χ1n) is 7.84. The van der Waals surface area contributed by atoms with Gasteiger partial charge in [-0.15, -0.1) is 0 Å². The molecule has 0 aromatic rings. The van der Waals surface area contributed by atoms with E-state index in [9.17, 15) is 0 Å². The van der Waals surface area contributed by atoms with E-state index in [1.165, 1.54) is 38.5 Å². The van der Waals surface area contributed by atoms with Gasteiger partial charge in [-0.3, -0.25) is 0 Å². The topological polar surface area (TPSA) is 12.5 Å². The van der Waals surface area contributed by atoms with Gasteiger partial charge in [0, 0.05) is 0 Å². The third kappa shape index (κ3) is 7.71. The Hall–Kier alpha value is -0.560. The summed E-state index contributed by atoms with van der Waals surface area (Å²) in [6.45, 7) is 4.46. The molecule has 1 aliphatic rings. The van der Waals surface area contributed by atoms with E-state index in [1.54, 1.807) is 0 Å². The third-order valence-corrected chi connectivity index (χ3v) is 3.54. The smallest absolute Gasteiger partial charge is 0.0876 e. The van der Waals surface area contributed by atoms with Crippen molar-refractivity contribution in [2.75, 3.05) is 0 Å². The second-order valence-electron chi connectivity index (χ2n) is 5.24. The Balaban J connectivity index is 1.83. The molecule has 1 aliphatic heterocycles. The van der Waals surface area contributed by atoms with E-state index in [0.29, 0.717) is 12.2 Å². The fraction of sp³-hybridized carbons (Fsp3) is 0.765.